The second-order valence-corrected chi connectivity index (χ2v) is 4.39. The summed E-state index contributed by atoms with van der Waals surface area (Å²) in [5, 5.41) is 12.6. The Morgan fingerprint density at radius 1 is 1.29 bits per heavy atom. The van der Waals surface area contributed by atoms with Gasteiger partial charge >= 0.3 is 0 Å². The normalized spacial score (nSPS) is 10.0. The highest BCUT2D eigenvalue weighted by atomic mass is 35.5. The zero-order valence-electron chi connectivity index (χ0n) is 11.6. The van der Waals surface area contributed by atoms with Crippen LogP contribution >= 0.6 is 12.4 Å². The topological polar surface area (TPSA) is 69.8 Å². The van der Waals surface area contributed by atoms with Crippen molar-refractivity contribution in [2.75, 3.05) is 20.1 Å². The Morgan fingerprint density at radius 2 is 2.00 bits per heavy atom. The fraction of sp³-hybridized carbons (Fsp3) is 0.286. The maximum atomic E-state index is 12.8. The van der Waals surface area contributed by atoms with Crippen LogP contribution in [0.15, 0.2) is 30.3 Å². The number of nitrogens with zero attached hydrogens (tertiary/aromatic N) is 1. The largest absolute Gasteiger partial charge is 0.351 e. The molecular weight excluding hydrogens is 295 g/mol. The number of carbonyl (C=O) groups is 1. The number of amides is 1. The number of benzene rings is 1. The van der Waals surface area contributed by atoms with Crippen LogP contribution in [0.1, 0.15) is 16.9 Å². The lowest BCUT2D eigenvalue weighted by Crippen LogP contribution is -2.26. The standard InChI is InChI=1S/C14H17FN4O.ClH/c1-16-7-2-8-17-14(20)13-9-12(18-19-13)10-3-5-11(15)6-4-10;/h3-6,9,16H,2,7-8H2,1H3,(H,17,20)(H,18,19);1H. The first kappa shape index (κ1) is 17.1. The van der Waals surface area contributed by atoms with E-state index in [9.17, 15) is 9.18 Å². The molecule has 0 unspecified atom stereocenters. The zero-order valence-corrected chi connectivity index (χ0v) is 12.5. The molecule has 2 rings (SSSR count). The summed E-state index contributed by atoms with van der Waals surface area (Å²) in [6.07, 6.45) is 0.862. The van der Waals surface area contributed by atoms with Crippen LogP contribution in [0.4, 0.5) is 4.39 Å². The summed E-state index contributed by atoms with van der Waals surface area (Å²) in [5.41, 5.74) is 1.77. The van der Waals surface area contributed by atoms with Crippen LogP contribution < -0.4 is 10.6 Å². The van der Waals surface area contributed by atoms with Crippen molar-refractivity contribution in [1.82, 2.24) is 20.8 Å². The molecule has 0 aliphatic carbocycles. The Balaban J connectivity index is 0.00000220. The van der Waals surface area contributed by atoms with E-state index in [0.29, 0.717) is 17.9 Å². The molecule has 1 amide bonds. The van der Waals surface area contributed by atoms with Gasteiger partial charge in [0.25, 0.3) is 5.91 Å². The molecule has 5 nitrogen and oxygen atoms in total. The van der Waals surface area contributed by atoms with E-state index in [0.717, 1.165) is 18.5 Å². The lowest BCUT2D eigenvalue weighted by molar-refractivity contribution is 0.0948. The molecular formula is C14H18ClFN4O. The predicted octanol–water partition coefficient (Wildman–Crippen LogP) is 1.98. The van der Waals surface area contributed by atoms with E-state index in [-0.39, 0.29) is 24.1 Å². The molecule has 0 atom stereocenters. The molecule has 0 spiro atoms. The van der Waals surface area contributed by atoms with Gasteiger partial charge in [-0.3, -0.25) is 9.89 Å². The molecule has 0 aliphatic rings. The summed E-state index contributed by atoms with van der Waals surface area (Å²) < 4.78 is 12.8. The summed E-state index contributed by atoms with van der Waals surface area (Å²) in [4.78, 5) is 11.8. The fourth-order valence-electron chi connectivity index (χ4n) is 1.77. The van der Waals surface area contributed by atoms with Gasteiger partial charge in [0, 0.05) is 12.1 Å². The Labute approximate surface area is 128 Å². The molecule has 0 aliphatic heterocycles. The van der Waals surface area contributed by atoms with Crippen LogP contribution in [-0.2, 0) is 0 Å². The van der Waals surface area contributed by atoms with E-state index < -0.39 is 0 Å². The monoisotopic (exact) mass is 312 g/mol. The van der Waals surface area contributed by atoms with Crippen molar-refractivity contribution in [2.45, 2.75) is 6.42 Å². The maximum Gasteiger partial charge on any atom is 0.269 e. The number of aromatic amines is 1. The highest BCUT2D eigenvalue weighted by Crippen LogP contribution is 2.17. The van der Waals surface area contributed by atoms with Crippen molar-refractivity contribution >= 4 is 18.3 Å². The first-order valence-corrected chi connectivity index (χ1v) is 6.45. The molecule has 0 fully saturated rings. The molecule has 0 saturated carbocycles. The van der Waals surface area contributed by atoms with Gasteiger partial charge < -0.3 is 10.6 Å². The number of H-pyrrole nitrogens is 1. The predicted molar refractivity (Wildman–Crippen MR) is 82.1 cm³/mol. The number of nitrogens with one attached hydrogen (secondary N) is 3. The van der Waals surface area contributed by atoms with Gasteiger partial charge in [-0.15, -0.1) is 12.4 Å². The van der Waals surface area contributed by atoms with Crippen molar-refractivity contribution in [3.05, 3.63) is 41.8 Å². The highest BCUT2D eigenvalue weighted by molar-refractivity contribution is 5.93. The van der Waals surface area contributed by atoms with Crippen molar-refractivity contribution in [3.8, 4) is 11.3 Å². The van der Waals surface area contributed by atoms with Crippen molar-refractivity contribution in [1.29, 1.82) is 0 Å². The zero-order chi connectivity index (χ0) is 14.4. The Hall–Kier alpha value is -1.92. The minimum atomic E-state index is -0.299. The van der Waals surface area contributed by atoms with Crippen LogP contribution in [0, 0.1) is 5.82 Å². The molecule has 1 heterocycles. The third-order valence-corrected chi connectivity index (χ3v) is 2.85. The van der Waals surface area contributed by atoms with E-state index in [4.69, 9.17) is 0 Å². The second kappa shape index (κ2) is 8.39. The maximum absolute atomic E-state index is 12.8. The van der Waals surface area contributed by atoms with Crippen LogP contribution in [0.2, 0.25) is 0 Å². The number of hydrogen-bond acceptors (Lipinski definition) is 3. The van der Waals surface area contributed by atoms with Gasteiger partial charge in [0.05, 0.1) is 5.69 Å². The quantitative estimate of drug-likeness (QED) is 0.714. The molecule has 0 radical (unpaired) electrons. The van der Waals surface area contributed by atoms with Gasteiger partial charge in [-0.1, -0.05) is 0 Å². The van der Waals surface area contributed by atoms with Gasteiger partial charge in [0.15, 0.2) is 0 Å². The molecule has 0 bridgehead atoms. The van der Waals surface area contributed by atoms with Crippen LogP contribution in [-0.4, -0.2) is 36.2 Å². The van der Waals surface area contributed by atoms with Gasteiger partial charge in [-0.2, -0.15) is 5.10 Å². The number of hydrogen-bond donors (Lipinski definition) is 3. The van der Waals surface area contributed by atoms with Crippen molar-refractivity contribution < 1.29 is 9.18 Å². The van der Waals surface area contributed by atoms with E-state index >= 15 is 0 Å². The molecule has 7 heteroatoms. The smallest absolute Gasteiger partial charge is 0.269 e. The summed E-state index contributed by atoms with van der Waals surface area (Å²) in [5.74, 6) is -0.492. The van der Waals surface area contributed by atoms with Gasteiger partial charge in [-0.05, 0) is 50.3 Å². The number of rotatable bonds is 6. The van der Waals surface area contributed by atoms with E-state index in [1.54, 1.807) is 18.2 Å². The van der Waals surface area contributed by atoms with E-state index in [1.165, 1.54) is 12.1 Å². The minimum Gasteiger partial charge on any atom is -0.351 e. The molecule has 3 N–H and O–H groups in total. The summed E-state index contributed by atoms with van der Waals surface area (Å²) in [7, 11) is 1.87. The molecule has 1 aromatic carbocycles. The van der Waals surface area contributed by atoms with Crippen LogP contribution in [0.5, 0.6) is 0 Å². The van der Waals surface area contributed by atoms with Crippen LogP contribution in [0.25, 0.3) is 11.3 Å². The first-order chi connectivity index (χ1) is 9.70. The first-order valence-electron chi connectivity index (χ1n) is 6.45. The highest BCUT2D eigenvalue weighted by Gasteiger charge is 2.10. The number of carbonyl (C=O) groups excluding carboxylic acids is 1. The SMILES string of the molecule is CNCCCNC(=O)c1cc(-c2ccc(F)cc2)n[nH]1.Cl. The average Bonchev–Trinajstić information content (AvgIpc) is 2.94. The molecule has 1 aromatic heterocycles. The Kier molecular flexibility index (Phi) is 6.84. The van der Waals surface area contributed by atoms with Crippen LogP contribution in [0.3, 0.4) is 0 Å². The molecule has 21 heavy (non-hydrogen) atoms. The van der Waals surface area contributed by atoms with Gasteiger partial charge in [0.1, 0.15) is 11.5 Å². The third kappa shape index (κ3) is 4.84. The van der Waals surface area contributed by atoms with Gasteiger partial charge in [-0.25, -0.2) is 4.39 Å². The average molecular weight is 313 g/mol. The summed E-state index contributed by atoms with van der Waals surface area (Å²) in [6, 6.07) is 7.63. The Bertz CT molecular complexity index is 571. The molecule has 2 aromatic rings. The third-order valence-electron chi connectivity index (χ3n) is 2.85. The van der Waals surface area contributed by atoms with E-state index in [1.807, 2.05) is 7.05 Å². The Morgan fingerprint density at radius 3 is 2.67 bits per heavy atom. The molecule has 0 saturated heterocycles. The lowest BCUT2D eigenvalue weighted by atomic mass is 10.1. The minimum absolute atomic E-state index is 0. The van der Waals surface area contributed by atoms with Crippen molar-refractivity contribution in [3.63, 3.8) is 0 Å². The summed E-state index contributed by atoms with van der Waals surface area (Å²) >= 11 is 0. The molecule has 114 valence electrons. The number of halogens is 2. The fourth-order valence-corrected chi connectivity index (χ4v) is 1.77. The number of aromatic nitrogens is 2. The lowest BCUT2D eigenvalue weighted by Gasteiger charge is -2.02. The van der Waals surface area contributed by atoms with E-state index in [2.05, 4.69) is 20.8 Å². The van der Waals surface area contributed by atoms with Crippen molar-refractivity contribution in [2.24, 2.45) is 0 Å². The second-order valence-electron chi connectivity index (χ2n) is 4.39. The summed E-state index contributed by atoms with van der Waals surface area (Å²) in [6.45, 7) is 1.45. The van der Waals surface area contributed by atoms with Gasteiger partial charge in [0.2, 0.25) is 0 Å².